The first-order valence-electron chi connectivity index (χ1n) is 10.5. The normalized spacial score (nSPS) is 20.6. The number of pyridine rings is 1. The molecule has 2 heterocycles. The van der Waals surface area contributed by atoms with Crippen LogP contribution in [0.1, 0.15) is 49.5 Å². The number of aromatic nitrogens is 1. The predicted octanol–water partition coefficient (Wildman–Crippen LogP) is 4.46. The highest BCUT2D eigenvalue weighted by Crippen LogP contribution is 2.25. The lowest BCUT2D eigenvalue weighted by molar-refractivity contribution is 0.0906. The molecule has 3 aromatic rings. The van der Waals surface area contributed by atoms with E-state index >= 15 is 0 Å². The van der Waals surface area contributed by atoms with Crippen LogP contribution in [0, 0.1) is 0 Å². The molecule has 1 amide bonds. The van der Waals surface area contributed by atoms with Crippen LogP contribution >= 0.6 is 0 Å². The van der Waals surface area contributed by atoms with E-state index < -0.39 is 0 Å². The smallest absolute Gasteiger partial charge is 0.251 e. The minimum atomic E-state index is -0.0162. The first-order chi connectivity index (χ1) is 14.4. The van der Waals surface area contributed by atoms with Gasteiger partial charge in [0.05, 0.1) is 5.52 Å². The summed E-state index contributed by atoms with van der Waals surface area (Å²) in [5.41, 5.74) is 2.65. The van der Waals surface area contributed by atoms with Gasteiger partial charge < -0.3 is 15.4 Å². The van der Waals surface area contributed by atoms with Gasteiger partial charge in [-0.1, -0.05) is 24.3 Å². The number of hydrogen-bond acceptors (Lipinski definition) is 4. The number of benzene rings is 2. The molecule has 0 radical (unpaired) electrons. The molecule has 1 aromatic heterocycles. The number of fused-ring (bicyclic) bond motifs is 1. The highest BCUT2D eigenvalue weighted by Gasteiger charge is 2.32. The van der Waals surface area contributed by atoms with E-state index in [4.69, 9.17) is 4.74 Å². The van der Waals surface area contributed by atoms with Gasteiger partial charge in [0, 0.05) is 34.8 Å². The lowest BCUT2D eigenvalue weighted by Gasteiger charge is -2.40. The summed E-state index contributed by atoms with van der Waals surface area (Å²) < 4.78 is 6.01. The lowest BCUT2D eigenvalue weighted by Crippen LogP contribution is -2.56. The zero-order valence-corrected chi connectivity index (χ0v) is 17.8. The van der Waals surface area contributed by atoms with E-state index in [-0.39, 0.29) is 17.5 Å². The van der Waals surface area contributed by atoms with Crippen molar-refractivity contribution in [3.63, 3.8) is 0 Å². The largest absolute Gasteiger partial charge is 0.488 e. The Kier molecular flexibility index (Phi) is 5.73. The Morgan fingerprint density at radius 1 is 1.17 bits per heavy atom. The Labute approximate surface area is 177 Å². The monoisotopic (exact) mass is 403 g/mol. The van der Waals surface area contributed by atoms with E-state index in [1.165, 1.54) is 0 Å². The molecule has 0 saturated carbocycles. The molecule has 2 unspecified atom stereocenters. The van der Waals surface area contributed by atoms with Crippen LogP contribution < -0.4 is 15.4 Å². The molecule has 2 N–H and O–H groups in total. The second-order valence-corrected chi connectivity index (χ2v) is 8.85. The van der Waals surface area contributed by atoms with Gasteiger partial charge in [-0.15, -0.1) is 0 Å². The standard InChI is InChI=1S/C25H29N3O2/c1-17-14-20(15-25(2,3)28-17)27-24(29)19-10-8-18(9-11-19)16-30-23-12-13-26-22-7-5-4-6-21(22)23/h4-13,17,20,28H,14-16H2,1-3H3,(H,27,29). The van der Waals surface area contributed by atoms with Gasteiger partial charge in [-0.3, -0.25) is 9.78 Å². The van der Waals surface area contributed by atoms with Crippen LogP contribution in [-0.2, 0) is 6.61 Å². The number of amides is 1. The highest BCUT2D eigenvalue weighted by molar-refractivity contribution is 5.94. The summed E-state index contributed by atoms with van der Waals surface area (Å²) in [6, 6.07) is 18.0. The first-order valence-corrected chi connectivity index (χ1v) is 10.5. The second kappa shape index (κ2) is 8.44. The van der Waals surface area contributed by atoms with E-state index in [0.717, 1.165) is 35.1 Å². The topological polar surface area (TPSA) is 63.2 Å². The van der Waals surface area contributed by atoms with Crippen LogP contribution in [-0.4, -0.2) is 28.5 Å². The minimum Gasteiger partial charge on any atom is -0.488 e. The molecule has 0 spiro atoms. The van der Waals surface area contributed by atoms with Crippen molar-refractivity contribution in [1.82, 2.24) is 15.6 Å². The van der Waals surface area contributed by atoms with Crippen LogP contribution in [0.3, 0.4) is 0 Å². The molecule has 1 saturated heterocycles. The molecule has 156 valence electrons. The molecule has 2 atom stereocenters. The summed E-state index contributed by atoms with van der Waals surface area (Å²) in [4.78, 5) is 17.1. The van der Waals surface area contributed by atoms with E-state index in [1.54, 1.807) is 6.20 Å². The van der Waals surface area contributed by atoms with E-state index in [9.17, 15) is 4.79 Å². The molecule has 4 rings (SSSR count). The van der Waals surface area contributed by atoms with Gasteiger partial charge in [0.25, 0.3) is 5.91 Å². The molecule has 30 heavy (non-hydrogen) atoms. The molecule has 5 nitrogen and oxygen atoms in total. The van der Waals surface area contributed by atoms with Gasteiger partial charge in [0.15, 0.2) is 0 Å². The minimum absolute atomic E-state index is 0.0162. The van der Waals surface area contributed by atoms with Gasteiger partial charge in [0.2, 0.25) is 0 Å². The van der Waals surface area contributed by atoms with Crippen molar-refractivity contribution in [2.75, 3.05) is 0 Å². The summed E-state index contributed by atoms with van der Waals surface area (Å²) >= 11 is 0. The molecular weight excluding hydrogens is 374 g/mol. The van der Waals surface area contributed by atoms with Gasteiger partial charge in [0.1, 0.15) is 12.4 Å². The molecular formula is C25H29N3O2. The average Bonchev–Trinajstić information content (AvgIpc) is 2.71. The van der Waals surface area contributed by atoms with Crippen molar-refractivity contribution < 1.29 is 9.53 Å². The molecule has 0 bridgehead atoms. The number of carbonyl (C=O) groups excluding carboxylic acids is 1. The molecule has 2 aromatic carbocycles. The SMILES string of the molecule is CC1CC(NC(=O)c2ccc(COc3ccnc4ccccc34)cc2)CC(C)(C)N1. The summed E-state index contributed by atoms with van der Waals surface area (Å²) in [6.07, 6.45) is 3.63. The number of piperidine rings is 1. The maximum atomic E-state index is 12.7. The van der Waals surface area contributed by atoms with Crippen molar-refractivity contribution >= 4 is 16.8 Å². The Morgan fingerprint density at radius 2 is 1.93 bits per heavy atom. The van der Waals surface area contributed by atoms with Gasteiger partial charge >= 0.3 is 0 Å². The number of carbonyl (C=O) groups is 1. The van der Waals surface area contributed by atoms with Gasteiger partial charge in [-0.05, 0) is 69.5 Å². The third-order valence-electron chi connectivity index (χ3n) is 5.59. The van der Waals surface area contributed by atoms with Gasteiger partial charge in [-0.2, -0.15) is 0 Å². The van der Waals surface area contributed by atoms with Crippen molar-refractivity contribution in [1.29, 1.82) is 0 Å². The zero-order valence-electron chi connectivity index (χ0n) is 17.8. The van der Waals surface area contributed by atoms with Crippen molar-refractivity contribution in [2.24, 2.45) is 0 Å². The van der Waals surface area contributed by atoms with E-state index in [0.29, 0.717) is 18.2 Å². The van der Waals surface area contributed by atoms with Crippen molar-refractivity contribution in [3.05, 3.63) is 71.9 Å². The predicted molar refractivity (Wildman–Crippen MR) is 120 cm³/mol. The van der Waals surface area contributed by atoms with E-state index in [2.05, 4.69) is 36.4 Å². The Hall–Kier alpha value is -2.92. The van der Waals surface area contributed by atoms with Crippen LogP contribution in [0.5, 0.6) is 5.75 Å². The summed E-state index contributed by atoms with van der Waals surface area (Å²) in [5.74, 6) is 0.794. The van der Waals surface area contributed by atoms with Crippen LogP contribution in [0.4, 0.5) is 0 Å². The van der Waals surface area contributed by atoms with Crippen LogP contribution in [0.15, 0.2) is 60.8 Å². The zero-order chi connectivity index (χ0) is 21.1. The number of nitrogens with one attached hydrogen (secondary N) is 2. The lowest BCUT2D eigenvalue weighted by atomic mass is 9.86. The third-order valence-corrected chi connectivity index (χ3v) is 5.59. The number of ether oxygens (including phenoxy) is 1. The molecule has 1 aliphatic rings. The Balaban J connectivity index is 1.37. The molecule has 1 aliphatic heterocycles. The maximum absolute atomic E-state index is 12.7. The summed E-state index contributed by atoms with van der Waals surface area (Å²) in [5, 5.41) is 7.77. The fourth-order valence-corrected chi connectivity index (χ4v) is 4.40. The average molecular weight is 404 g/mol. The van der Waals surface area contributed by atoms with E-state index in [1.807, 2.05) is 54.6 Å². The quantitative estimate of drug-likeness (QED) is 0.660. The number of nitrogens with zero attached hydrogens (tertiary/aromatic N) is 1. The van der Waals surface area contributed by atoms with Crippen LogP contribution in [0.2, 0.25) is 0 Å². The number of para-hydroxylation sites is 1. The van der Waals surface area contributed by atoms with Gasteiger partial charge in [-0.25, -0.2) is 0 Å². The molecule has 0 aliphatic carbocycles. The van der Waals surface area contributed by atoms with Crippen LogP contribution in [0.25, 0.3) is 10.9 Å². The fraction of sp³-hybridized carbons (Fsp3) is 0.360. The number of hydrogen-bond donors (Lipinski definition) is 2. The molecule has 1 fully saturated rings. The third kappa shape index (κ3) is 4.79. The van der Waals surface area contributed by atoms with Crippen molar-refractivity contribution in [2.45, 2.75) is 57.8 Å². The first kappa shape index (κ1) is 20.4. The Bertz CT molecular complexity index is 1020. The summed E-state index contributed by atoms with van der Waals surface area (Å²) in [6.45, 7) is 6.97. The number of rotatable bonds is 5. The Morgan fingerprint density at radius 3 is 2.70 bits per heavy atom. The highest BCUT2D eigenvalue weighted by atomic mass is 16.5. The summed E-state index contributed by atoms with van der Waals surface area (Å²) in [7, 11) is 0. The maximum Gasteiger partial charge on any atom is 0.251 e. The fourth-order valence-electron chi connectivity index (χ4n) is 4.40. The second-order valence-electron chi connectivity index (χ2n) is 8.85. The van der Waals surface area contributed by atoms with Crippen molar-refractivity contribution in [3.8, 4) is 5.75 Å². The molecule has 5 heteroatoms.